The van der Waals surface area contributed by atoms with E-state index in [1.165, 1.54) is 22.6 Å². The number of aromatic nitrogens is 2. The highest BCUT2D eigenvalue weighted by Crippen LogP contribution is 2.26. The number of rotatable bonds is 7. The molecule has 1 amide bonds. The molecule has 126 valence electrons. The van der Waals surface area contributed by atoms with Crippen LogP contribution in [0.25, 0.3) is 0 Å². The number of nitrogens with zero attached hydrogens (tertiary/aromatic N) is 3. The maximum atomic E-state index is 12.7. The third-order valence-electron chi connectivity index (χ3n) is 3.21. The third-order valence-corrected chi connectivity index (χ3v) is 6.69. The van der Waals surface area contributed by atoms with Gasteiger partial charge in [0.1, 0.15) is 4.21 Å². The average molecular weight is 356 g/mol. The van der Waals surface area contributed by atoms with Crippen molar-refractivity contribution in [3.8, 4) is 0 Å². The molecule has 7 nitrogen and oxygen atoms in total. The molecule has 0 fully saturated rings. The van der Waals surface area contributed by atoms with Gasteiger partial charge in [-0.15, -0.1) is 11.3 Å². The van der Waals surface area contributed by atoms with Gasteiger partial charge >= 0.3 is 0 Å². The molecule has 0 atom stereocenters. The molecule has 2 aromatic heterocycles. The quantitative estimate of drug-likeness (QED) is 0.811. The molecule has 0 saturated carbocycles. The Hall–Kier alpha value is -1.71. The lowest BCUT2D eigenvalue weighted by molar-refractivity contribution is -0.119. The van der Waals surface area contributed by atoms with E-state index in [2.05, 4.69) is 10.4 Å². The number of amides is 1. The summed E-state index contributed by atoms with van der Waals surface area (Å²) in [5, 5.41) is 6.73. The van der Waals surface area contributed by atoms with Gasteiger partial charge in [0.2, 0.25) is 5.91 Å². The van der Waals surface area contributed by atoms with Gasteiger partial charge in [0.15, 0.2) is 0 Å². The van der Waals surface area contributed by atoms with Crippen molar-refractivity contribution in [2.24, 2.45) is 7.05 Å². The number of hydrogen-bond donors (Lipinski definition) is 1. The molecule has 0 radical (unpaired) electrons. The summed E-state index contributed by atoms with van der Waals surface area (Å²) in [4.78, 5) is 11.7. The van der Waals surface area contributed by atoms with Crippen molar-refractivity contribution in [2.45, 2.75) is 31.1 Å². The summed E-state index contributed by atoms with van der Waals surface area (Å²) in [5.74, 6) is -0.144. The summed E-state index contributed by atoms with van der Waals surface area (Å²) < 4.78 is 28.8. The van der Waals surface area contributed by atoms with Gasteiger partial charge in [0.05, 0.1) is 12.7 Å². The highest BCUT2D eigenvalue weighted by atomic mass is 32.2. The predicted molar refractivity (Wildman–Crippen MR) is 88.3 cm³/mol. The van der Waals surface area contributed by atoms with Crippen LogP contribution in [-0.2, 0) is 35.0 Å². The van der Waals surface area contributed by atoms with Crippen LogP contribution in [0.3, 0.4) is 0 Å². The van der Waals surface area contributed by atoms with Crippen molar-refractivity contribution >= 4 is 27.3 Å². The maximum absolute atomic E-state index is 12.7. The Morgan fingerprint density at radius 2 is 2.17 bits per heavy atom. The minimum atomic E-state index is -3.56. The first-order chi connectivity index (χ1) is 10.8. The van der Waals surface area contributed by atoms with Gasteiger partial charge < -0.3 is 5.32 Å². The topological polar surface area (TPSA) is 84.3 Å². The summed E-state index contributed by atoms with van der Waals surface area (Å²) in [6, 6.07) is 3.31. The molecule has 0 spiro atoms. The van der Waals surface area contributed by atoms with Crippen LogP contribution in [-0.4, -0.2) is 35.0 Å². The molecule has 0 aliphatic heterocycles. The van der Waals surface area contributed by atoms with Gasteiger partial charge in [-0.25, -0.2) is 8.42 Å². The van der Waals surface area contributed by atoms with Gasteiger partial charge in [0, 0.05) is 43.7 Å². The van der Waals surface area contributed by atoms with Gasteiger partial charge in [-0.3, -0.25) is 9.48 Å². The van der Waals surface area contributed by atoms with Crippen LogP contribution in [0, 0.1) is 0 Å². The van der Waals surface area contributed by atoms with E-state index >= 15 is 0 Å². The molecule has 0 aliphatic rings. The zero-order chi connectivity index (χ0) is 17.0. The van der Waals surface area contributed by atoms with Crippen molar-refractivity contribution in [3.63, 3.8) is 0 Å². The van der Waals surface area contributed by atoms with Gasteiger partial charge in [-0.1, -0.05) is 6.92 Å². The summed E-state index contributed by atoms with van der Waals surface area (Å²) in [6.07, 6.45) is 3.46. The second-order valence-corrected chi connectivity index (χ2v) is 8.42. The van der Waals surface area contributed by atoms with E-state index in [9.17, 15) is 13.2 Å². The second kappa shape index (κ2) is 7.24. The largest absolute Gasteiger partial charge is 0.351 e. The monoisotopic (exact) mass is 356 g/mol. The van der Waals surface area contributed by atoms with Crippen LogP contribution in [0.2, 0.25) is 0 Å². The predicted octanol–water partition coefficient (Wildman–Crippen LogP) is 1.33. The average Bonchev–Trinajstić information content (AvgIpc) is 3.11. The van der Waals surface area contributed by atoms with E-state index in [4.69, 9.17) is 0 Å². The lowest BCUT2D eigenvalue weighted by atomic mass is 10.3. The van der Waals surface area contributed by atoms with Crippen molar-refractivity contribution in [2.75, 3.05) is 6.54 Å². The number of carbonyl (C=O) groups excluding carboxylic acids is 1. The highest BCUT2D eigenvalue weighted by Gasteiger charge is 2.25. The minimum Gasteiger partial charge on any atom is -0.351 e. The zero-order valence-corrected chi connectivity index (χ0v) is 14.9. The van der Waals surface area contributed by atoms with E-state index in [1.54, 1.807) is 43.2 Å². The van der Waals surface area contributed by atoms with Gasteiger partial charge in [-0.05, 0) is 12.1 Å². The molecule has 1 N–H and O–H groups in total. The fraction of sp³-hybridized carbons (Fsp3) is 0.429. The van der Waals surface area contributed by atoms with Crippen LogP contribution < -0.4 is 5.32 Å². The smallest absolute Gasteiger partial charge is 0.252 e. The number of thiophene rings is 1. The maximum Gasteiger partial charge on any atom is 0.252 e. The number of aryl methyl sites for hydroxylation is 1. The van der Waals surface area contributed by atoms with Crippen molar-refractivity contribution in [1.82, 2.24) is 19.4 Å². The fourth-order valence-electron chi connectivity index (χ4n) is 2.05. The number of nitrogens with one attached hydrogen (secondary N) is 1. The normalized spacial score (nSPS) is 11.8. The number of sulfonamides is 1. The molecule has 9 heteroatoms. The number of carbonyl (C=O) groups is 1. The molecular weight excluding hydrogens is 336 g/mol. The van der Waals surface area contributed by atoms with Crippen LogP contribution in [0.1, 0.15) is 24.3 Å². The Morgan fingerprint density at radius 3 is 2.74 bits per heavy atom. The standard InChI is InChI=1S/C14H20N4O3S2/c1-4-18(10-12-7-16-17(3)9-12)23(20,21)14-6-5-13(22-14)8-15-11(2)19/h5-7,9H,4,8,10H2,1-3H3,(H,15,19). The molecule has 0 aromatic carbocycles. The summed E-state index contributed by atoms with van der Waals surface area (Å²) >= 11 is 1.18. The van der Waals surface area contributed by atoms with E-state index in [0.29, 0.717) is 13.1 Å². The zero-order valence-electron chi connectivity index (χ0n) is 13.3. The molecule has 0 aliphatic carbocycles. The highest BCUT2D eigenvalue weighted by molar-refractivity contribution is 7.91. The van der Waals surface area contributed by atoms with E-state index < -0.39 is 10.0 Å². The van der Waals surface area contributed by atoms with Crippen LogP contribution in [0.5, 0.6) is 0 Å². The Balaban J connectivity index is 2.16. The first kappa shape index (κ1) is 17.6. The molecule has 0 unspecified atom stereocenters. The molecule has 2 aromatic rings. The van der Waals surface area contributed by atoms with E-state index in [1.807, 2.05) is 0 Å². The molecule has 2 rings (SSSR count). The molecular formula is C14H20N4O3S2. The Bertz CT molecular complexity index is 780. The van der Waals surface area contributed by atoms with Crippen molar-refractivity contribution < 1.29 is 13.2 Å². The van der Waals surface area contributed by atoms with Crippen LogP contribution in [0.15, 0.2) is 28.7 Å². The number of hydrogen-bond acceptors (Lipinski definition) is 5. The molecule has 0 bridgehead atoms. The molecule has 23 heavy (non-hydrogen) atoms. The lowest BCUT2D eigenvalue weighted by Gasteiger charge is -2.18. The first-order valence-corrected chi connectivity index (χ1v) is 9.39. The van der Waals surface area contributed by atoms with Crippen molar-refractivity contribution in [1.29, 1.82) is 0 Å². The SMILES string of the molecule is CCN(Cc1cnn(C)c1)S(=O)(=O)c1ccc(CNC(C)=O)s1. The third kappa shape index (κ3) is 4.40. The van der Waals surface area contributed by atoms with Crippen LogP contribution >= 0.6 is 11.3 Å². The Morgan fingerprint density at radius 1 is 1.43 bits per heavy atom. The molecule has 0 saturated heterocycles. The Kier molecular flexibility index (Phi) is 5.55. The minimum absolute atomic E-state index is 0.144. The molecule has 2 heterocycles. The summed E-state index contributed by atoms with van der Waals surface area (Å²) in [6.45, 7) is 4.23. The summed E-state index contributed by atoms with van der Waals surface area (Å²) in [5.41, 5.74) is 0.841. The fourth-order valence-corrected chi connectivity index (χ4v) is 4.94. The van der Waals surface area contributed by atoms with Gasteiger partial charge in [-0.2, -0.15) is 9.40 Å². The second-order valence-electron chi connectivity index (χ2n) is 5.08. The Labute approximate surface area is 140 Å². The summed E-state index contributed by atoms with van der Waals surface area (Å²) in [7, 11) is -1.76. The van der Waals surface area contributed by atoms with Crippen LogP contribution in [0.4, 0.5) is 0 Å². The lowest BCUT2D eigenvalue weighted by Crippen LogP contribution is -2.29. The first-order valence-electron chi connectivity index (χ1n) is 7.13. The van der Waals surface area contributed by atoms with Crippen molar-refractivity contribution in [3.05, 3.63) is 35.0 Å². The van der Waals surface area contributed by atoms with E-state index in [-0.39, 0.29) is 16.7 Å². The van der Waals surface area contributed by atoms with Gasteiger partial charge in [0.25, 0.3) is 10.0 Å². The van der Waals surface area contributed by atoms with E-state index in [0.717, 1.165) is 10.4 Å².